The molecule has 0 bridgehead atoms. The van der Waals surface area contributed by atoms with Crippen molar-refractivity contribution in [2.45, 2.75) is 367 Å². The maximum atomic E-state index is 13.1. The predicted molar refractivity (Wildman–Crippen MR) is 445 cm³/mol. The van der Waals surface area contributed by atoms with Gasteiger partial charge < -0.3 is 33.8 Å². The molecule has 0 spiro atoms. The van der Waals surface area contributed by atoms with E-state index in [4.69, 9.17) is 37.0 Å². The minimum Gasteiger partial charge on any atom is -0.462 e. The first-order valence-electron chi connectivity index (χ1n) is 42.4. The summed E-state index contributed by atoms with van der Waals surface area (Å²) in [5.74, 6) is -2.24. The van der Waals surface area contributed by atoms with E-state index in [1.807, 2.05) is 0 Å². The minimum atomic E-state index is -4.99. The molecule has 620 valence electrons. The fraction of sp³-hybridized carbons (Fsp3) is 0.708. The van der Waals surface area contributed by atoms with Crippen molar-refractivity contribution in [3.05, 3.63) is 134 Å². The lowest BCUT2D eigenvalue weighted by Crippen LogP contribution is -2.30. The molecular weight excluding hydrogens is 1400 g/mol. The summed E-state index contributed by atoms with van der Waals surface area (Å²) in [5, 5.41) is 10.7. The second-order valence-electron chi connectivity index (χ2n) is 28.0. The van der Waals surface area contributed by atoms with Crippen LogP contribution in [0.1, 0.15) is 349 Å². The Morgan fingerprint density at radius 2 is 0.481 bits per heavy atom. The topological polar surface area (TPSA) is 237 Å². The zero-order valence-electron chi connectivity index (χ0n) is 68.0. The minimum absolute atomic E-state index is 0.0750. The van der Waals surface area contributed by atoms with E-state index < -0.39 is 97.5 Å². The molecule has 0 aliphatic rings. The van der Waals surface area contributed by atoms with E-state index in [0.29, 0.717) is 25.7 Å². The molecule has 3 N–H and O–H groups in total. The van der Waals surface area contributed by atoms with Gasteiger partial charge in [0.15, 0.2) is 12.2 Å². The van der Waals surface area contributed by atoms with Gasteiger partial charge in [0.1, 0.15) is 19.3 Å². The molecule has 17 nitrogen and oxygen atoms in total. The molecule has 0 saturated heterocycles. The average molecular weight is 1560 g/mol. The van der Waals surface area contributed by atoms with E-state index in [0.717, 1.165) is 167 Å². The highest BCUT2D eigenvalue weighted by Crippen LogP contribution is 2.45. The summed E-state index contributed by atoms with van der Waals surface area (Å²) in [7, 11) is -9.99. The van der Waals surface area contributed by atoms with E-state index in [9.17, 15) is 43.2 Å². The van der Waals surface area contributed by atoms with Crippen molar-refractivity contribution in [1.82, 2.24) is 0 Å². The third-order valence-corrected chi connectivity index (χ3v) is 19.5. The number of esters is 4. The quantitative estimate of drug-likeness (QED) is 0.0169. The van der Waals surface area contributed by atoms with Gasteiger partial charge in [0.25, 0.3) is 0 Å². The summed E-state index contributed by atoms with van der Waals surface area (Å²) >= 11 is 0. The molecule has 0 aromatic carbocycles. The Morgan fingerprint density at radius 3 is 0.759 bits per heavy atom. The van der Waals surface area contributed by atoms with Gasteiger partial charge in [-0.25, -0.2) is 9.13 Å². The van der Waals surface area contributed by atoms with Crippen LogP contribution in [0.4, 0.5) is 0 Å². The number of phosphoric ester groups is 2. The second-order valence-corrected chi connectivity index (χ2v) is 30.9. The van der Waals surface area contributed by atoms with E-state index in [2.05, 4.69) is 161 Å². The van der Waals surface area contributed by atoms with Crippen molar-refractivity contribution >= 4 is 39.5 Å². The molecule has 0 amide bonds. The molecule has 0 aliphatic heterocycles. The van der Waals surface area contributed by atoms with Crippen molar-refractivity contribution in [2.75, 3.05) is 39.6 Å². The van der Waals surface area contributed by atoms with Crippen molar-refractivity contribution in [1.29, 1.82) is 0 Å². The summed E-state index contributed by atoms with van der Waals surface area (Å²) in [4.78, 5) is 73.2. The lowest BCUT2D eigenvalue weighted by molar-refractivity contribution is -0.161. The Hall–Kier alpha value is -4.80. The van der Waals surface area contributed by atoms with Crippen LogP contribution >= 0.6 is 15.6 Å². The zero-order valence-corrected chi connectivity index (χ0v) is 69.8. The standard InChI is InChI=1S/C89H152O17P2/c1-5-9-13-17-21-25-29-33-37-39-41-43-47-49-53-57-61-65-69-73-86(91)99-79-84(105-88(93)75-71-67-63-59-55-51-45-35-31-27-23-19-15-11-7-3)81-103-107(95,96)101-77-83(90)78-102-108(97,98)104-82-85(106-89(94)76-72-68-64-60-56-52-46-36-32-28-24-20-16-12-8-4)80-100-87(92)74-70-66-62-58-54-50-48-44-42-40-38-34-30-26-22-18-14-10-6-2/h9-10,13-14,21-22,25-26,33-35,37-38,41-45,49-50,53-54,83-85,90H,5-8,11-12,15-20,23-24,27-32,36,39-40,46-48,51-52,55-82H2,1-4H3,(H,95,96)(H,97,98)/b13-9-,14-10-,25-21-,26-22-,37-33-,38-34-,43-41-,44-42-,45-35-,53-49-,54-50-/t83-,84-,85-/m1/s1. The molecule has 0 saturated carbocycles. The summed E-state index contributed by atoms with van der Waals surface area (Å²) in [6, 6.07) is 0. The van der Waals surface area contributed by atoms with Crippen LogP contribution in [0.2, 0.25) is 0 Å². The summed E-state index contributed by atoms with van der Waals surface area (Å²) in [6.45, 7) is 4.61. The molecule has 5 atom stereocenters. The Kier molecular flexibility index (Phi) is 76.7. The fourth-order valence-corrected chi connectivity index (χ4v) is 12.8. The largest absolute Gasteiger partial charge is 0.472 e. The first-order chi connectivity index (χ1) is 52.7. The van der Waals surface area contributed by atoms with Gasteiger partial charge in [0.05, 0.1) is 26.4 Å². The first-order valence-corrected chi connectivity index (χ1v) is 45.4. The number of carbonyl (C=O) groups excluding carboxylic acids is 4. The van der Waals surface area contributed by atoms with Gasteiger partial charge in [-0.15, -0.1) is 0 Å². The molecule has 0 rings (SSSR count). The molecule has 0 aromatic heterocycles. The van der Waals surface area contributed by atoms with Crippen LogP contribution < -0.4 is 0 Å². The van der Waals surface area contributed by atoms with Gasteiger partial charge in [0.2, 0.25) is 0 Å². The lowest BCUT2D eigenvalue weighted by atomic mass is 10.0. The highest BCUT2D eigenvalue weighted by Gasteiger charge is 2.30. The molecule has 0 fully saturated rings. The van der Waals surface area contributed by atoms with Gasteiger partial charge in [0, 0.05) is 25.7 Å². The molecule has 0 radical (unpaired) electrons. The van der Waals surface area contributed by atoms with Crippen molar-refractivity contribution < 1.29 is 80.2 Å². The van der Waals surface area contributed by atoms with Gasteiger partial charge >= 0.3 is 39.5 Å². The molecule has 0 aliphatic carbocycles. The van der Waals surface area contributed by atoms with Crippen LogP contribution in [0, 0.1) is 0 Å². The maximum absolute atomic E-state index is 13.1. The van der Waals surface area contributed by atoms with Crippen LogP contribution in [-0.2, 0) is 65.4 Å². The number of aliphatic hydroxyl groups is 1. The predicted octanol–water partition coefficient (Wildman–Crippen LogP) is 25.2. The molecule has 2 unspecified atom stereocenters. The monoisotopic (exact) mass is 1560 g/mol. The lowest BCUT2D eigenvalue weighted by Gasteiger charge is -2.21. The van der Waals surface area contributed by atoms with E-state index in [1.54, 1.807) is 0 Å². The van der Waals surface area contributed by atoms with Crippen molar-refractivity contribution in [3.8, 4) is 0 Å². The number of phosphoric acid groups is 2. The highest BCUT2D eigenvalue weighted by atomic mass is 31.2. The first kappa shape index (κ1) is 103. The number of ether oxygens (including phenoxy) is 4. The number of allylic oxidation sites excluding steroid dienone is 22. The number of unbranched alkanes of at least 4 members (excludes halogenated alkanes) is 31. The maximum Gasteiger partial charge on any atom is 0.472 e. The normalized spacial score (nSPS) is 14.5. The Morgan fingerprint density at radius 1 is 0.269 bits per heavy atom. The molecule has 0 aromatic rings. The summed E-state index contributed by atoms with van der Waals surface area (Å²) in [6.07, 6.45) is 91.3. The molecular formula is C89H152O17P2. The van der Waals surface area contributed by atoms with Gasteiger partial charge in [-0.2, -0.15) is 0 Å². The van der Waals surface area contributed by atoms with Crippen LogP contribution in [0.5, 0.6) is 0 Å². The number of rotatable bonds is 79. The van der Waals surface area contributed by atoms with Crippen LogP contribution in [0.15, 0.2) is 134 Å². The fourth-order valence-electron chi connectivity index (χ4n) is 11.2. The highest BCUT2D eigenvalue weighted by molar-refractivity contribution is 7.47. The number of carbonyl (C=O) groups is 4. The molecule has 108 heavy (non-hydrogen) atoms. The molecule has 19 heteroatoms. The van der Waals surface area contributed by atoms with Crippen LogP contribution in [0.3, 0.4) is 0 Å². The average Bonchev–Trinajstić information content (AvgIpc) is 0.923. The zero-order chi connectivity index (χ0) is 78.9. The van der Waals surface area contributed by atoms with E-state index in [1.165, 1.54) is 103 Å². The van der Waals surface area contributed by atoms with Crippen LogP contribution in [-0.4, -0.2) is 96.7 Å². The second kappa shape index (κ2) is 80.3. The Balaban J connectivity index is 5.42. The smallest absolute Gasteiger partial charge is 0.462 e. The third-order valence-electron chi connectivity index (χ3n) is 17.6. The van der Waals surface area contributed by atoms with Crippen molar-refractivity contribution in [3.63, 3.8) is 0 Å². The Labute approximate surface area is 656 Å². The van der Waals surface area contributed by atoms with E-state index in [-0.39, 0.29) is 25.7 Å². The molecule has 0 heterocycles. The summed E-state index contributed by atoms with van der Waals surface area (Å²) in [5.41, 5.74) is 0. The van der Waals surface area contributed by atoms with Gasteiger partial charge in [-0.1, -0.05) is 315 Å². The summed E-state index contributed by atoms with van der Waals surface area (Å²) < 4.78 is 68.7. The number of hydrogen-bond acceptors (Lipinski definition) is 15. The van der Waals surface area contributed by atoms with Crippen molar-refractivity contribution in [2.24, 2.45) is 0 Å². The van der Waals surface area contributed by atoms with E-state index >= 15 is 0 Å². The number of aliphatic hydroxyl groups excluding tert-OH is 1. The third kappa shape index (κ3) is 79.3. The SMILES string of the molecule is CC/C=C\C/C=C\C/C=C\C/C=C\C/C=C\CCCCCC(=O)OC[C@H](COP(=O)(O)OC[C@@H](O)COP(=O)(O)OC[C@@H](COC(=O)CCCCC/C=C\C/C=C\C/C=C\C/C=C\C/C=C\CC)OC(=O)CCCCCCCCCCCCCCCCC)OC(=O)CCCCCCC/C=C\CCCCCCCC. The number of hydrogen-bond donors (Lipinski definition) is 3. The Bertz CT molecular complexity index is 2560. The van der Waals surface area contributed by atoms with Crippen LogP contribution in [0.25, 0.3) is 0 Å². The van der Waals surface area contributed by atoms with Gasteiger partial charge in [-0.05, 0) is 141 Å². The van der Waals surface area contributed by atoms with Gasteiger partial charge in [-0.3, -0.25) is 37.3 Å².